The highest BCUT2D eigenvalue weighted by atomic mass is 16.2. The third-order valence-electron chi connectivity index (χ3n) is 6.07. The second-order valence-electron chi connectivity index (χ2n) is 8.17. The summed E-state index contributed by atoms with van der Waals surface area (Å²) in [7, 11) is 3.51. The Bertz CT molecular complexity index is 949. The van der Waals surface area contributed by atoms with Gasteiger partial charge < -0.3 is 9.80 Å². The third-order valence-corrected chi connectivity index (χ3v) is 6.07. The number of rotatable bonds is 3. The Morgan fingerprint density at radius 3 is 2.30 bits per heavy atom. The fourth-order valence-electron chi connectivity index (χ4n) is 4.41. The van der Waals surface area contributed by atoms with Crippen LogP contribution in [-0.2, 0) is 14.4 Å². The van der Waals surface area contributed by atoms with Crippen molar-refractivity contribution in [3.63, 3.8) is 0 Å². The molecule has 0 bridgehead atoms. The molecule has 2 saturated heterocycles. The standard InChI is InChI=1S/C21H24N4O5/c1-23(2)19(28)12-7-9-24(10-8-12)13-3-4-14-15(11-13)21(30)25(20(14)29)16-5-6-17(26)22-18(16)27/h3-4,11-12,16H,5-10H2,1-2H3,(H,22,26,27). The number of nitrogens with one attached hydrogen (secondary N) is 1. The number of imide groups is 2. The van der Waals surface area contributed by atoms with Gasteiger partial charge >= 0.3 is 0 Å². The van der Waals surface area contributed by atoms with Crippen molar-refractivity contribution in [2.24, 2.45) is 5.92 Å². The molecule has 158 valence electrons. The SMILES string of the molecule is CN(C)C(=O)C1CCN(c2ccc3c(c2)C(=O)N(C2CCC(=O)NC2=O)C3=O)CC1. The second kappa shape index (κ2) is 7.55. The molecule has 0 spiro atoms. The van der Waals surface area contributed by atoms with E-state index in [1.807, 2.05) is 0 Å². The first-order valence-corrected chi connectivity index (χ1v) is 10.1. The Balaban J connectivity index is 1.51. The van der Waals surface area contributed by atoms with Gasteiger partial charge in [-0.2, -0.15) is 0 Å². The molecule has 30 heavy (non-hydrogen) atoms. The quantitative estimate of drug-likeness (QED) is 0.720. The topological polar surface area (TPSA) is 107 Å². The van der Waals surface area contributed by atoms with Crippen molar-refractivity contribution in [3.05, 3.63) is 29.3 Å². The van der Waals surface area contributed by atoms with E-state index in [9.17, 15) is 24.0 Å². The molecule has 0 aromatic heterocycles. The van der Waals surface area contributed by atoms with Crippen LogP contribution < -0.4 is 10.2 Å². The lowest BCUT2D eigenvalue weighted by molar-refractivity contribution is -0.136. The van der Waals surface area contributed by atoms with E-state index in [4.69, 9.17) is 0 Å². The van der Waals surface area contributed by atoms with Crippen LogP contribution >= 0.6 is 0 Å². The number of fused-ring (bicyclic) bond motifs is 1. The highest BCUT2D eigenvalue weighted by Gasteiger charge is 2.44. The molecule has 2 fully saturated rings. The molecular formula is C21H24N4O5. The summed E-state index contributed by atoms with van der Waals surface area (Å²) in [6, 6.07) is 4.14. The number of benzene rings is 1. The van der Waals surface area contributed by atoms with E-state index in [2.05, 4.69) is 10.2 Å². The number of anilines is 1. The zero-order valence-electron chi connectivity index (χ0n) is 17.0. The van der Waals surface area contributed by atoms with E-state index in [0.717, 1.165) is 23.4 Å². The first-order valence-electron chi connectivity index (χ1n) is 10.1. The first-order chi connectivity index (χ1) is 14.3. The number of piperidine rings is 2. The van der Waals surface area contributed by atoms with Crippen molar-refractivity contribution in [3.8, 4) is 0 Å². The minimum absolute atomic E-state index is 0.00287. The monoisotopic (exact) mass is 412 g/mol. The molecular weight excluding hydrogens is 388 g/mol. The van der Waals surface area contributed by atoms with Gasteiger partial charge in [-0.05, 0) is 37.5 Å². The van der Waals surface area contributed by atoms with E-state index in [-0.39, 0.29) is 35.8 Å². The highest BCUT2D eigenvalue weighted by Crippen LogP contribution is 2.32. The summed E-state index contributed by atoms with van der Waals surface area (Å²) < 4.78 is 0. The van der Waals surface area contributed by atoms with Crippen molar-refractivity contribution < 1.29 is 24.0 Å². The van der Waals surface area contributed by atoms with Gasteiger partial charge in [0.05, 0.1) is 11.1 Å². The number of nitrogens with zero attached hydrogens (tertiary/aromatic N) is 3. The van der Waals surface area contributed by atoms with E-state index in [1.54, 1.807) is 37.2 Å². The zero-order valence-corrected chi connectivity index (χ0v) is 17.0. The van der Waals surface area contributed by atoms with Crippen molar-refractivity contribution in [1.82, 2.24) is 15.1 Å². The predicted octanol–water partition coefficient (Wildman–Crippen LogP) is 0.392. The minimum atomic E-state index is -0.966. The molecule has 9 heteroatoms. The van der Waals surface area contributed by atoms with Crippen LogP contribution in [0.1, 0.15) is 46.4 Å². The van der Waals surface area contributed by atoms with Gasteiger partial charge in [-0.25, -0.2) is 0 Å². The molecule has 1 unspecified atom stereocenters. The van der Waals surface area contributed by atoms with Gasteiger partial charge in [0.2, 0.25) is 17.7 Å². The summed E-state index contributed by atoms with van der Waals surface area (Å²) in [5.74, 6) is -1.91. The largest absolute Gasteiger partial charge is 0.371 e. The minimum Gasteiger partial charge on any atom is -0.371 e. The molecule has 9 nitrogen and oxygen atoms in total. The maximum Gasteiger partial charge on any atom is 0.262 e. The van der Waals surface area contributed by atoms with Crippen molar-refractivity contribution >= 4 is 35.2 Å². The van der Waals surface area contributed by atoms with Gasteiger partial charge in [0.25, 0.3) is 11.8 Å². The lowest BCUT2D eigenvalue weighted by atomic mass is 9.95. The second-order valence-corrected chi connectivity index (χ2v) is 8.17. The van der Waals surface area contributed by atoms with Gasteiger partial charge in [-0.1, -0.05) is 0 Å². The molecule has 4 rings (SSSR count). The normalized spacial score (nSPS) is 22.3. The smallest absolute Gasteiger partial charge is 0.262 e. The Kier molecular flexibility index (Phi) is 5.05. The third kappa shape index (κ3) is 3.34. The van der Waals surface area contributed by atoms with Crippen LogP contribution in [-0.4, -0.2) is 72.6 Å². The molecule has 0 radical (unpaired) electrons. The molecule has 1 N–H and O–H groups in total. The van der Waals surface area contributed by atoms with Crippen molar-refractivity contribution in [2.75, 3.05) is 32.1 Å². The van der Waals surface area contributed by atoms with E-state index < -0.39 is 29.7 Å². The van der Waals surface area contributed by atoms with Crippen molar-refractivity contribution in [2.45, 2.75) is 31.7 Å². The summed E-state index contributed by atoms with van der Waals surface area (Å²) >= 11 is 0. The lowest BCUT2D eigenvalue weighted by Gasteiger charge is -2.34. The molecule has 0 aliphatic carbocycles. The van der Waals surface area contributed by atoms with E-state index in [1.165, 1.54) is 0 Å². The molecule has 5 amide bonds. The van der Waals surface area contributed by atoms with Crippen molar-refractivity contribution in [1.29, 1.82) is 0 Å². The number of hydrogen-bond donors (Lipinski definition) is 1. The fourth-order valence-corrected chi connectivity index (χ4v) is 4.41. The Hall–Kier alpha value is -3.23. The first kappa shape index (κ1) is 20.1. The highest BCUT2D eigenvalue weighted by molar-refractivity contribution is 6.23. The fraction of sp³-hybridized carbons (Fsp3) is 0.476. The average Bonchev–Trinajstić information content (AvgIpc) is 2.98. The molecule has 1 aromatic rings. The molecule has 0 saturated carbocycles. The molecule has 3 aliphatic heterocycles. The number of carbonyl (C=O) groups is 5. The zero-order chi connectivity index (χ0) is 21.6. The van der Waals surface area contributed by atoms with Gasteiger partial charge in [-0.15, -0.1) is 0 Å². The van der Waals surface area contributed by atoms with Crippen LogP contribution in [0.5, 0.6) is 0 Å². The van der Waals surface area contributed by atoms with Crippen LogP contribution in [0.25, 0.3) is 0 Å². The van der Waals surface area contributed by atoms with Gasteiger partial charge in [0.15, 0.2) is 0 Å². The Labute approximate surface area is 174 Å². The molecule has 3 aliphatic rings. The summed E-state index contributed by atoms with van der Waals surface area (Å²) in [4.78, 5) is 66.2. The maximum atomic E-state index is 13.0. The Morgan fingerprint density at radius 1 is 1.00 bits per heavy atom. The summed E-state index contributed by atoms with van der Waals surface area (Å²) in [6.45, 7) is 1.37. The number of amides is 5. The average molecular weight is 412 g/mol. The maximum absolute atomic E-state index is 13.0. The van der Waals surface area contributed by atoms with Crippen LogP contribution in [0.4, 0.5) is 5.69 Å². The number of hydrogen-bond acceptors (Lipinski definition) is 6. The summed E-state index contributed by atoms with van der Waals surface area (Å²) in [6.07, 6.45) is 1.68. The summed E-state index contributed by atoms with van der Waals surface area (Å²) in [5, 5.41) is 2.20. The van der Waals surface area contributed by atoms with Crippen LogP contribution in [0.2, 0.25) is 0 Å². The molecule has 1 atom stereocenters. The van der Waals surface area contributed by atoms with Gasteiger partial charge in [-0.3, -0.25) is 34.2 Å². The van der Waals surface area contributed by atoms with Gasteiger partial charge in [0.1, 0.15) is 6.04 Å². The van der Waals surface area contributed by atoms with Crippen LogP contribution in [0.3, 0.4) is 0 Å². The summed E-state index contributed by atoms with van der Waals surface area (Å²) in [5.41, 5.74) is 1.36. The molecule has 3 heterocycles. The number of carbonyl (C=O) groups excluding carboxylic acids is 5. The molecule has 1 aromatic carbocycles. The Morgan fingerprint density at radius 2 is 1.67 bits per heavy atom. The van der Waals surface area contributed by atoms with Crippen LogP contribution in [0.15, 0.2) is 18.2 Å². The van der Waals surface area contributed by atoms with Crippen LogP contribution in [0, 0.1) is 5.92 Å². The predicted molar refractivity (Wildman–Crippen MR) is 107 cm³/mol. The van der Waals surface area contributed by atoms with E-state index in [0.29, 0.717) is 13.1 Å². The van der Waals surface area contributed by atoms with Gasteiger partial charge in [0, 0.05) is 45.2 Å². The van der Waals surface area contributed by atoms with E-state index >= 15 is 0 Å². The lowest BCUT2D eigenvalue weighted by Crippen LogP contribution is -2.54.